The molecule has 1 aromatic carbocycles. The van der Waals surface area contributed by atoms with E-state index in [9.17, 15) is 0 Å². The highest BCUT2D eigenvalue weighted by Gasteiger charge is 2.25. The van der Waals surface area contributed by atoms with Crippen LogP contribution in [-0.2, 0) is 0 Å². The maximum Gasteiger partial charge on any atom is 0.0924 e. The molecule has 5 heteroatoms. The Morgan fingerprint density at radius 1 is 1.25 bits per heavy atom. The van der Waals surface area contributed by atoms with Crippen LogP contribution in [0.2, 0.25) is 0 Å². The number of hydrogen-bond donors (Lipinski definition) is 1. The Morgan fingerprint density at radius 3 is 2.70 bits per heavy atom. The number of hydrogen-bond acceptors (Lipinski definition) is 2. The maximum atomic E-state index is 4.38. The Bertz CT molecular complexity index is 566. The number of aromatic nitrogens is 2. The molecule has 1 aromatic heterocycles. The van der Waals surface area contributed by atoms with Gasteiger partial charge in [-0.3, -0.25) is 0 Å². The number of aromatic amines is 1. The first kappa shape index (κ1) is 16.6. The third-order valence-corrected chi connectivity index (χ3v) is 3.57. The second kappa shape index (κ2) is 6.82. The van der Waals surface area contributed by atoms with Gasteiger partial charge in [-0.25, -0.2) is 4.98 Å². The summed E-state index contributed by atoms with van der Waals surface area (Å²) in [6, 6.07) is 9.15. The molecule has 2 aromatic rings. The lowest BCUT2D eigenvalue weighted by Gasteiger charge is -2.38. The molecular formula is C15H19Cl2N3. The van der Waals surface area contributed by atoms with Gasteiger partial charge < -0.3 is 9.88 Å². The second-order valence-electron chi connectivity index (χ2n) is 4.74. The predicted molar refractivity (Wildman–Crippen MR) is 88.9 cm³/mol. The van der Waals surface area contributed by atoms with Crippen molar-refractivity contribution in [2.75, 3.05) is 4.90 Å². The summed E-state index contributed by atoms with van der Waals surface area (Å²) in [5.74, 6) is 0. The minimum absolute atomic E-state index is 0. The average Bonchev–Trinajstić information content (AvgIpc) is 2.92. The highest BCUT2D eigenvalue weighted by atomic mass is 35.5. The lowest BCUT2D eigenvalue weighted by Crippen LogP contribution is -2.36. The van der Waals surface area contributed by atoms with Crippen LogP contribution in [-0.4, -0.2) is 16.0 Å². The van der Waals surface area contributed by atoms with Crippen molar-refractivity contribution >= 4 is 36.6 Å². The van der Waals surface area contributed by atoms with Crippen molar-refractivity contribution in [3.05, 3.63) is 54.1 Å². The zero-order valence-corrected chi connectivity index (χ0v) is 13.1. The van der Waals surface area contributed by atoms with E-state index in [1.807, 2.05) is 6.20 Å². The van der Waals surface area contributed by atoms with Crippen molar-refractivity contribution in [2.24, 2.45) is 0 Å². The van der Waals surface area contributed by atoms with Crippen molar-refractivity contribution in [3.8, 4) is 0 Å². The van der Waals surface area contributed by atoms with Crippen LogP contribution in [0.25, 0.3) is 6.08 Å². The summed E-state index contributed by atoms with van der Waals surface area (Å²) in [6.45, 7) is 4.41. The summed E-state index contributed by atoms with van der Waals surface area (Å²) in [6.07, 6.45) is 8.15. The number of benzene rings is 1. The summed E-state index contributed by atoms with van der Waals surface area (Å²) in [5.41, 5.74) is 3.63. The van der Waals surface area contributed by atoms with Gasteiger partial charge in [-0.2, -0.15) is 0 Å². The van der Waals surface area contributed by atoms with Gasteiger partial charge in [0.1, 0.15) is 0 Å². The second-order valence-corrected chi connectivity index (χ2v) is 4.74. The highest BCUT2D eigenvalue weighted by Crippen LogP contribution is 2.34. The number of imidazole rings is 1. The lowest BCUT2D eigenvalue weighted by atomic mass is 10.0. The van der Waals surface area contributed by atoms with E-state index in [4.69, 9.17) is 0 Å². The van der Waals surface area contributed by atoms with Gasteiger partial charge >= 0.3 is 0 Å². The standard InChI is InChI=1S/C15H17N3.2ClH/c1-11-7-8-13-5-3-4-6-15(13)18(11)12(2)14-9-16-10-17-14;;/h3-12H,1-2H3,(H,16,17);2*1H. The molecule has 108 valence electrons. The molecule has 1 N–H and O–H groups in total. The largest absolute Gasteiger partial charge is 0.356 e. The summed E-state index contributed by atoms with van der Waals surface area (Å²) in [5, 5.41) is 0. The van der Waals surface area contributed by atoms with Gasteiger partial charge in [0.15, 0.2) is 0 Å². The van der Waals surface area contributed by atoms with Crippen LogP contribution in [0, 0.1) is 0 Å². The van der Waals surface area contributed by atoms with Crippen LogP contribution in [0.4, 0.5) is 5.69 Å². The number of nitrogens with one attached hydrogen (secondary N) is 1. The topological polar surface area (TPSA) is 31.9 Å². The van der Waals surface area contributed by atoms with Crippen LogP contribution in [0.15, 0.2) is 42.9 Å². The minimum atomic E-state index is 0. The molecule has 1 aliphatic rings. The number of halogens is 2. The molecule has 1 aliphatic heterocycles. The number of H-pyrrole nitrogens is 1. The molecule has 0 amide bonds. The molecule has 20 heavy (non-hydrogen) atoms. The van der Waals surface area contributed by atoms with E-state index < -0.39 is 0 Å². The number of anilines is 1. The first-order valence-electron chi connectivity index (χ1n) is 6.31. The first-order valence-corrected chi connectivity index (χ1v) is 6.31. The van der Waals surface area contributed by atoms with Gasteiger partial charge in [-0.1, -0.05) is 30.4 Å². The monoisotopic (exact) mass is 311 g/mol. The van der Waals surface area contributed by atoms with Crippen LogP contribution in [0.1, 0.15) is 31.1 Å². The molecule has 2 unspecified atom stereocenters. The predicted octanol–water partition coefficient (Wildman–Crippen LogP) is 4.24. The van der Waals surface area contributed by atoms with E-state index in [0.29, 0.717) is 6.04 Å². The average molecular weight is 312 g/mol. The quantitative estimate of drug-likeness (QED) is 0.899. The van der Waals surface area contributed by atoms with Crippen molar-refractivity contribution in [1.29, 1.82) is 0 Å². The van der Waals surface area contributed by atoms with Gasteiger partial charge in [0.2, 0.25) is 0 Å². The molecule has 0 spiro atoms. The van der Waals surface area contributed by atoms with E-state index in [0.717, 1.165) is 5.69 Å². The summed E-state index contributed by atoms with van der Waals surface area (Å²) in [4.78, 5) is 9.82. The van der Waals surface area contributed by atoms with E-state index >= 15 is 0 Å². The third kappa shape index (κ3) is 2.84. The SMILES string of the molecule is CC1C=Cc2ccccc2N1C(C)c1c[nH]cn1.Cl.Cl. The number of para-hydroxylation sites is 1. The van der Waals surface area contributed by atoms with Gasteiger partial charge in [0, 0.05) is 17.9 Å². The fourth-order valence-corrected chi connectivity index (χ4v) is 2.62. The van der Waals surface area contributed by atoms with Gasteiger partial charge in [-0.05, 0) is 25.5 Å². The van der Waals surface area contributed by atoms with E-state index in [-0.39, 0.29) is 30.9 Å². The fraction of sp³-hybridized carbons (Fsp3) is 0.267. The zero-order chi connectivity index (χ0) is 12.5. The molecule has 0 saturated carbocycles. The maximum absolute atomic E-state index is 4.38. The Kier molecular flexibility index (Phi) is 5.66. The van der Waals surface area contributed by atoms with E-state index in [2.05, 4.69) is 65.1 Å². The Labute approximate surface area is 131 Å². The number of nitrogens with zero attached hydrogens (tertiary/aromatic N) is 2. The lowest BCUT2D eigenvalue weighted by molar-refractivity contribution is 0.615. The van der Waals surface area contributed by atoms with Gasteiger partial charge in [0.25, 0.3) is 0 Å². The van der Waals surface area contributed by atoms with Crippen LogP contribution >= 0.6 is 24.8 Å². The number of fused-ring (bicyclic) bond motifs is 1. The molecule has 0 radical (unpaired) electrons. The Hall–Kier alpha value is -1.45. The first-order chi connectivity index (χ1) is 8.77. The summed E-state index contributed by atoms with van der Waals surface area (Å²) >= 11 is 0. The molecule has 0 saturated heterocycles. The van der Waals surface area contributed by atoms with Crippen molar-refractivity contribution in [3.63, 3.8) is 0 Å². The van der Waals surface area contributed by atoms with E-state index in [1.54, 1.807) is 6.33 Å². The van der Waals surface area contributed by atoms with E-state index in [1.165, 1.54) is 11.3 Å². The molecule has 3 rings (SSSR count). The van der Waals surface area contributed by atoms with Crippen molar-refractivity contribution in [2.45, 2.75) is 25.9 Å². The van der Waals surface area contributed by atoms with Crippen LogP contribution < -0.4 is 4.90 Å². The zero-order valence-electron chi connectivity index (χ0n) is 11.5. The van der Waals surface area contributed by atoms with Crippen LogP contribution in [0.5, 0.6) is 0 Å². The van der Waals surface area contributed by atoms with Crippen LogP contribution in [0.3, 0.4) is 0 Å². The van der Waals surface area contributed by atoms with Gasteiger partial charge in [-0.15, -0.1) is 24.8 Å². The molecule has 0 fully saturated rings. The normalized spacial score (nSPS) is 17.7. The molecule has 0 bridgehead atoms. The smallest absolute Gasteiger partial charge is 0.0924 e. The minimum Gasteiger partial charge on any atom is -0.356 e. The van der Waals surface area contributed by atoms with Gasteiger partial charge in [0.05, 0.1) is 18.1 Å². The molecule has 2 heterocycles. The Morgan fingerprint density at radius 2 is 2.00 bits per heavy atom. The fourth-order valence-electron chi connectivity index (χ4n) is 2.62. The molecular weight excluding hydrogens is 293 g/mol. The Balaban J connectivity index is 0.000001000. The molecule has 2 atom stereocenters. The van der Waals surface area contributed by atoms with Crippen molar-refractivity contribution < 1.29 is 0 Å². The molecule has 3 nitrogen and oxygen atoms in total. The van der Waals surface area contributed by atoms with Crippen molar-refractivity contribution in [1.82, 2.24) is 9.97 Å². The summed E-state index contributed by atoms with van der Waals surface area (Å²) < 4.78 is 0. The number of rotatable bonds is 2. The molecule has 0 aliphatic carbocycles. The highest BCUT2D eigenvalue weighted by molar-refractivity contribution is 5.85. The third-order valence-electron chi connectivity index (χ3n) is 3.57. The summed E-state index contributed by atoms with van der Waals surface area (Å²) in [7, 11) is 0.